The second-order valence-corrected chi connectivity index (χ2v) is 6.10. The van der Waals surface area contributed by atoms with Crippen LogP contribution in [0.5, 0.6) is 0 Å². The summed E-state index contributed by atoms with van der Waals surface area (Å²) >= 11 is 3.52. The highest BCUT2D eigenvalue weighted by atomic mass is 79.9. The van der Waals surface area contributed by atoms with Gasteiger partial charge in [0.15, 0.2) is 5.82 Å². The zero-order valence-electron chi connectivity index (χ0n) is 12.3. The summed E-state index contributed by atoms with van der Waals surface area (Å²) in [4.78, 5) is 0. The Hall–Kier alpha value is -1.27. The first-order valence-corrected chi connectivity index (χ1v) is 7.53. The Morgan fingerprint density at radius 2 is 2.00 bits per heavy atom. The molecule has 5 nitrogen and oxygen atoms in total. The van der Waals surface area contributed by atoms with Crippen molar-refractivity contribution in [3.8, 4) is 5.82 Å². The zero-order valence-corrected chi connectivity index (χ0v) is 13.9. The maximum atomic E-state index is 4.45. The van der Waals surface area contributed by atoms with Crippen LogP contribution in [0.3, 0.4) is 0 Å². The number of nitrogens with zero attached hydrogens (tertiary/aromatic N) is 4. The molecular weight excluding hydrogens is 318 g/mol. The van der Waals surface area contributed by atoms with Crippen LogP contribution in [0.2, 0.25) is 0 Å². The maximum Gasteiger partial charge on any atom is 0.175 e. The van der Waals surface area contributed by atoms with E-state index < -0.39 is 0 Å². The van der Waals surface area contributed by atoms with Crippen LogP contribution in [0.4, 0.5) is 0 Å². The zero-order chi connectivity index (χ0) is 14.7. The first kappa shape index (κ1) is 15.1. The minimum absolute atomic E-state index is 0.634. The topological polar surface area (TPSA) is 55.6 Å². The molecule has 0 amide bonds. The van der Waals surface area contributed by atoms with E-state index in [9.17, 15) is 0 Å². The predicted molar refractivity (Wildman–Crippen MR) is 82.9 cm³/mol. The summed E-state index contributed by atoms with van der Waals surface area (Å²) in [6, 6.07) is 3.94. The number of aromatic nitrogens is 4. The van der Waals surface area contributed by atoms with Gasteiger partial charge in [0.25, 0.3) is 0 Å². The first-order chi connectivity index (χ1) is 9.49. The van der Waals surface area contributed by atoms with Crippen LogP contribution in [0.15, 0.2) is 16.6 Å². The number of rotatable bonds is 5. The SMILES string of the molecule is Cc1nn(-c2ccc(CNCC(C)C)nn2)c(C)c1Br. The molecule has 0 aromatic carbocycles. The third-order valence-electron chi connectivity index (χ3n) is 2.98. The summed E-state index contributed by atoms with van der Waals surface area (Å²) in [5.41, 5.74) is 2.92. The molecule has 6 heteroatoms. The van der Waals surface area contributed by atoms with E-state index >= 15 is 0 Å². The molecule has 0 radical (unpaired) electrons. The van der Waals surface area contributed by atoms with E-state index in [0.717, 1.165) is 40.5 Å². The van der Waals surface area contributed by atoms with Gasteiger partial charge in [0, 0.05) is 6.54 Å². The molecule has 0 unspecified atom stereocenters. The lowest BCUT2D eigenvalue weighted by molar-refractivity contribution is 0.545. The number of hydrogen-bond acceptors (Lipinski definition) is 4. The molecule has 20 heavy (non-hydrogen) atoms. The smallest absolute Gasteiger partial charge is 0.175 e. The van der Waals surface area contributed by atoms with Crippen LogP contribution in [-0.2, 0) is 6.54 Å². The summed E-state index contributed by atoms with van der Waals surface area (Å²) in [6.07, 6.45) is 0. The fraction of sp³-hybridized carbons (Fsp3) is 0.500. The monoisotopic (exact) mass is 337 g/mol. The van der Waals surface area contributed by atoms with Crippen molar-refractivity contribution in [1.82, 2.24) is 25.3 Å². The molecular formula is C14H20BrN5. The summed E-state index contributed by atoms with van der Waals surface area (Å²) in [7, 11) is 0. The second kappa shape index (κ2) is 6.45. The summed E-state index contributed by atoms with van der Waals surface area (Å²) in [5.74, 6) is 1.37. The molecule has 0 bridgehead atoms. The van der Waals surface area contributed by atoms with Crippen LogP contribution in [0, 0.1) is 19.8 Å². The van der Waals surface area contributed by atoms with Gasteiger partial charge >= 0.3 is 0 Å². The van der Waals surface area contributed by atoms with Crippen molar-refractivity contribution < 1.29 is 0 Å². The molecule has 0 aliphatic rings. The number of aryl methyl sites for hydroxylation is 1. The van der Waals surface area contributed by atoms with E-state index in [1.54, 1.807) is 4.68 Å². The van der Waals surface area contributed by atoms with Crippen molar-refractivity contribution in [3.05, 3.63) is 33.7 Å². The van der Waals surface area contributed by atoms with Crippen LogP contribution < -0.4 is 5.32 Å². The second-order valence-electron chi connectivity index (χ2n) is 5.30. The molecule has 108 valence electrons. The third-order valence-corrected chi connectivity index (χ3v) is 4.13. The van der Waals surface area contributed by atoms with Crippen molar-refractivity contribution in [3.63, 3.8) is 0 Å². The molecule has 2 rings (SSSR count). The van der Waals surface area contributed by atoms with Crippen LogP contribution in [-0.4, -0.2) is 26.5 Å². The summed E-state index contributed by atoms with van der Waals surface area (Å²) in [5, 5.41) is 16.3. The van der Waals surface area contributed by atoms with E-state index in [2.05, 4.69) is 50.4 Å². The Kier molecular flexibility index (Phi) is 4.88. The standard InChI is InChI=1S/C14H20BrN5/c1-9(2)7-16-8-12-5-6-13(18-17-12)20-11(4)14(15)10(3)19-20/h5-6,9,16H,7-8H2,1-4H3. The molecule has 0 saturated carbocycles. The van der Waals surface area contributed by atoms with Gasteiger partial charge < -0.3 is 5.32 Å². The van der Waals surface area contributed by atoms with Crippen molar-refractivity contribution in [2.75, 3.05) is 6.54 Å². The van der Waals surface area contributed by atoms with Crippen molar-refractivity contribution >= 4 is 15.9 Å². The fourth-order valence-electron chi connectivity index (χ4n) is 1.90. The molecule has 2 aromatic heterocycles. The van der Waals surface area contributed by atoms with E-state index in [1.165, 1.54) is 0 Å². The lowest BCUT2D eigenvalue weighted by Crippen LogP contribution is -2.20. The number of halogens is 1. The minimum Gasteiger partial charge on any atom is -0.311 e. The Morgan fingerprint density at radius 1 is 1.25 bits per heavy atom. The van der Waals surface area contributed by atoms with Gasteiger partial charge in [-0.2, -0.15) is 10.2 Å². The molecule has 0 aliphatic heterocycles. The van der Waals surface area contributed by atoms with E-state index in [0.29, 0.717) is 5.92 Å². The fourth-order valence-corrected chi connectivity index (χ4v) is 2.14. The summed E-state index contributed by atoms with van der Waals surface area (Å²) < 4.78 is 2.82. The van der Waals surface area contributed by atoms with E-state index in [-0.39, 0.29) is 0 Å². The molecule has 2 heterocycles. The normalized spacial score (nSPS) is 11.3. The van der Waals surface area contributed by atoms with Crippen molar-refractivity contribution in [1.29, 1.82) is 0 Å². The highest BCUT2D eigenvalue weighted by molar-refractivity contribution is 9.10. The Bertz CT molecular complexity index is 574. The molecule has 0 spiro atoms. The Balaban J connectivity index is 2.10. The number of nitrogens with one attached hydrogen (secondary N) is 1. The van der Waals surface area contributed by atoms with Gasteiger partial charge in [-0.05, 0) is 54.4 Å². The average molecular weight is 338 g/mol. The lowest BCUT2D eigenvalue weighted by atomic mass is 10.2. The quantitative estimate of drug-likeness (QED) is 0.911. The van der Waals surface area contributed by atoms with E-state index in [1.807, 2.05) is 26.0 Å². The highest BCUT2D eigenvalue weighted by Gasteiger charge is 2.11. The molecule has 1 N–H and O–H groups in total. The molecule has 0 fully saturated rings. The van der Waals surface area contributed by atoms with Crippen LogP contribution in [0.25, 0.3) is 5.82 Å². The average Bonchev–Trinajstić information content (AvgIpc) is 2.67. The largest absolute Gasteiger partial charge is 0.311 e. The maximum absolute atomic E-state index is 4.45. The van der Waals surface area contributed by atoms with Crippen molar-refractivity contribution in [2.45, 2.75) is 34.2 Å². The summed E-state index contributed by atoms with van der Waals surface area (Å²) in [6.45, 7) is 10.1. The molecule has 0 saturated heterocycles. The Labute approximate surface area is 127 Å². The van der Waals surface area contributed by atoms with Gasteiger partial charge in [0.05, 0.1) is 21.6 Å². The lowest BCUT2D eigenvalue weighted by Gasteiger charge is -2.07. The van der Waals surface area contributed by atoms with E-state index in [4.69, 9.17) is 0 Å². The molecule has 2 aromatic rings. The third kappa shape index (κ3) is 3.43. The van der Waals surface area contributed by atoms with Gasteiger partial charge in [0.1, 0.15) is 0 Å². The van der Waals surface area contributed by atoms with Gasteiger partial charge in [0.2, 0.25) is 0 Å². The van der Waals surface area contributed by atoms with Gasteiger partial charge in [-0.3, -0.25) is 0 Å². The van der Waals surface area contributed by atoms with Gasteiger partial charge in [-0.25, -0.2) is 4.68 Å². The first-order valence-electron chi connectivity index (χ1n) is 6.74. The van der Waals surface area contributed by atoms with Gasteiger partial charge in [-0.1, -0.05) is 13.8 Å². The predicted octanol–water partition coefficient (Wildman–Crippen LogP) is 2.79. The van der Waals surface area contributed by atoms with Gasteiger partial charge in [-0.15, -0.1) is 5.10 Å². The van der Waals surface area contributed by atoms with Crippen molar-refractivity contribution in [2.24, 2.45) is 5.92 Å². The minimum atomic E-state index is 0.634. The number of hydrogen-bond donors (Lipinski definition) is 1. The molecule has 0 atom stereocenters. The van der Waals surface area contributed by atoms with Crippen LogP contribution in [0.1, 0.15) is 30.9 Å². The molecule has 0 aliphatic carbocycles. The van der Waals surface area contributed by atoms with Crippen LogP contribution >= 0.6 is 15.9 Å². The Morgan fingerprint density at radius 3 is 2.50 bits per heavy atom. The highest BCUT2D eigenvalue weighted by Crippen LogP contribution is 2.21.